The van der Waals surface area contributed by atoms with Gasteiger partial charge in [-0.1, -0.05) is 12.1 Å². The number of carbonyl (C=O) groups is 1. The van der Waals surface area contributed by atoms with Crippen LogP contribution in [-0.2, 0) is 10.9 Å². The Balaban J connectivity index is 1.67. The molecule has 1 aliphatic heterocycles. The van der Waals surface area contributed by atoms with E-state index in [1.807, 2.05) is 20.8 Å². The third kappa shape index (κ3) is 5.87. The fraction of sp³-hybridized carbons (Fsp3) is 0.458. The van der Waals surface area contributed by atoms with Crippen molar-refractivity contribution in [2.45, 2.75) is 58.4 Å². The number of likely N-dealkylation sites (tertiary alicyclic amines) is 1. The van der Waals surface area contributed by atoms with Gasteiger partial charge >= 0.3 is 12.3 Å². The molecular formula is C24H29F3N2O3. The van der Waals surface area contributed by atoms with E-state index >= 15 is 0 Å². The van der Waals surface area contributed by atoms with Crippen LogP contribution >= 0.6 is 0 Å². The van der Waals surface area contributed by atoms with Crippen molar-refractivity contribution < 1.29 is 27.4 Å². The van der Waals surface area contributed by atoms with Crippen molar-refractivity contribution in [3.05, 3.63) is 47.5 Å². The summed E-state index contributed by atoms with van der Waals surface area (Å²) in [6, 6.07) is 9.09. The topological polar surface area (TPSA) is 64.8 Å². The number of rotatable bonds is 3. The number of benzene rings is 2. The van der Waals surface area contributed by atoms with Crippen molar-refractivity contribution in [1.29, 1.82) is 0 Å². The number of ether oxygens (including phenoxy) is 2. The Morgan fingerprint density at radius 1 is 1.06 bits per heavy atom. The van der Waals surface area contributed by atoms with Crippen LogP contribution in [0, 0.1) is 6.92 Å². The number of piperidine rings is 1. The highest BCUT2D eigenvalue weighted by atomic mass is 19.4. The molecule has 2 aromatic carbocycles. The van der Waals surface area contributed by atoms with Gasteiger partial charge in [0, 0.05) is 31.6 Å². The van der Waals surface area contributed by atoms with Crippen molar-refractivity contribution in [3.8, 4) is 16.9 Å². The molecule has 32 heavy (non-hydrogen) atoms. The van der Waals surface area contributed by atoms with E-state index in [0.29, 0.717) is 42.8 Å². The highest BCUT2D eigenvalue weighted by Gasteiger charge is 2.35. The van der Waals surface area contributed by atoms with Crippen molar-refractivity contribution in [2.75, 3.05) is 18.8 Å². The number of anilines is 1. The molecule has 0 aliphatic carbocycles. The van der Waals surface area contributed by atoms with Gasteiger partial charge in [0.2, 0.25) is 0 Å². The van der Waals surface area contributed by atoms with Crippen molar-refractivity contribution in [3.63, 3.8) is 0 Å². The number of aryl methyl sites for hydroxylation is 1. The molecule has 1 fully saturated rings. The highest BCUT2D eigenvalue weighted by molar-refractivity contribution is 5.74. The average molecular weight is 451 g/mol. The van der Waals surface area contributed by atoms with E-state index in [9.17, 15) is 18.0 Å². The van der Waals surface area contributed by atoms with Gasteiger partial charge in [0.15, 0.2) is 0 Å². The van der Waals surface area contributed by atoms with Gasteiger partial charge in [-0.25, -0.2) is 4.79 Å². The molecule has 174 valence electrons. The minimum absolute atomic E-state index is 0.0799. The number of hydrogen-bond acceptors (Lipinski definition) is 4. The number of nitrogen functional groups attached to an aromatic ring is 1. The maximum Gasteiger partial charge on any atom is 0.417 e. The second-order valence-electron chi connectivity index (χ2n) is 9.07. The molecule has 2 aromatic rings. The van der Waals surface area contributed by atoms with E-state index in [4.69, 9.17) is 15.2 Å². The first-order valence-electron chi connectivity index (χ1n) is 10.6. The first kappa shape index (κ1) is 23.8. The third-order valence-corrected chi connectivity index (χ3v) is 5.20. The molecule has 0 bridgehead atoms. The van der Waals surface area contributed by atoms with Crippen LogP contribution < -0.4 is 10.5 Å². The van der Waals surface area contributed by atoms with Crippen LogP contribution in [0.5, 0.6) is 5.75 Å². The van der Waals surface area contributed by atoms with Crippen LogP contribution in [0.1, 0.15) is 44.7 Å². The second kappa shape index (κ2) is 8.92. The van der Waals surface area contributed by atoms with Crippen LogP contribution in [0.4, 0.5) is 23.7 Å². The van der Waals surface area contributed by atoms with Gasteiger partial charge in [-0.3, -0.25) is 0 Å². The molecule has 8 heteroatoms. The standard InChI is InChI=1S/C24H29F3N2O3/c1-15-13-17(28)14-20(24(25,26)27)21(15)16-5-7-18(8-6-16)31-19-9-11-29(12-10-19)22(30)32-23(2,3)4/h5-8,13-14,19H,9-12,28H2,1-4H3. The SMILES string of the molecule is Cc1cc(N)cc(C(F)(F)F)c1-c1ccc(OC2CCN(C(=O)OC(C)(C)C)CC2)cc1. The molecule has 5 nitrogen and oxygen atoms in total. The Kier molecular flexibility index (Phi) is 6.62. The number of carbonyl (C=O) groups excluding carboxylic acids is 1. The predicted octanol–water partition coefficient (Wildman–Crippen LogP) is 6.04. The van der Waals surface area contributed by atoms with Gasteiger partial charge < -0.3 is 20.1 Å². The van der Waals surface area contributed by atoms with Crippen LogP contribution in [-0.4, -0.2) is 35.8 Å². The smallest absolute Gasteiger partial charge is 0.417 e. The first-order chi connectivity index (χ1) is 14.8. The fourth-order valence-corrected chi connectivity index (χ4v) is 3.80. The Bertz CT molecular complexity index is 958. The molecule has 0 atom stereocenters. The molecule has 0 saturated carbocycles. The summed E-state index contributed by atoms with van der Waals surface area (Å²) in [5.41, 5.74) is 5.44. The highest BCUT2D eigenvalue weighted by Crippen LogP contribution is 2.40. The largest absolute Gasteiger partial charge is 0.490 e. The molecular weight excluding hydrogens is 421 g/mol. The summed E-state index contributed by atoms with van der Waals surface area (Å²) < 4.78 is 52.0. The summed E-state index contributed by atoms with van der Waals surface area (Å²) in [7, 11) is 0. The molecule has 0 spiro atoms. The van der Waals surface area contributed by atoms with Crippen LogP contribution in [0.3, 0.4) is 0 Å². The normalized spacial score (nSPS) is 15.5. The summed E-state index contributed by atoms with van der Waals surface area (Å²) in [6.07, 6.45) is -3.62. The Morgan fingerprint density at radius 3 is 2.19 bits per heavy atom. The quantitative estimate of drug-likeness (QED) is 0.579. The zero-order chi connectivity index (χ0) is 23.7. The van der Waals surface area contributed by atoms with Crippen LogP contribution in [0.2, 0.25) is 0 Å². The van der Waals surface area contributed by atoms with E-state index in [1.54, 1.807) is 36.1 Å². The first-order valence-corrected chi connectivity index (χ1v) is 10.6. The van der Waals surface area contributed by atoms with E-state index in [0.717, 1.165) is 6.07 Å². The average Bonchev–Trinajstić information content (AvgIpc) is 2.67. The lowest BCUT2D eigenvalue weighted by Gasteiger charge is -2.33. The Hall–Kier alpha value is -2.90. The summed E-state index contributed by atoms with van der Waals surface area (Å²) in [6.45, 7) is 8.15. The minimum Gasteiger partial charge on any atom is -0.490 e. The number of nitrogens with two attached hydrogens (primary N) is 1. The van der Waals surface area contributed by atoms with Crippen molar-refractivity contribution in [1.82, 2.24) is 4.90 Å². The number of halogens is 3. The number of nitrogens with zero attached hydrogens (tertiary/aromatic N) is 1. The summed E-state index contributed by atoms with van der Waals surface area (Å²) in [4.78, 5) is 13.8. The van der Waals surface area contributed by atoms with E-state index in [1.165, 1.54) is 6.07 Å². The Morgan fingerprint density at radius 2 is 1.66 bits per heavy atom. The third-order valence-electron chi connectivity index (χ3n) is 5.20. The van der Waals surface area contributed by atoms with Gasteiger partial charge in [0.25, 0.3) is 0 Å². The monoisotopic (exact) mass is 450 g/mol. The van der Waals surface area contributed by atoms with Gasteiger partial charge in [-0.05, 0) is 68.7 Å². The molecule has 1 saturated heterocycles. The van der Waals surface area contributed by atoms with E-state index in [-0.39, 0.29) is 23.4 Å². The molecule has 0 radical (unpaired) electrons. The van der Waals surface area contributed by atoms with E-state index in [2.05, 4.69) is 0 Å². The van der Waals surface area contributed by atoms with Gasteiger partial charge in [-0.2, -0.15) is 13.2 Å². The predicted molar refractivity (Wildman–Crippen MR) is 117 cm³/mol. The number of amides is 1. The maximum absolute atomic E-state index is 13.5. The molecule has 0 aromatic heterocycles. The zero-order valence-electron chi connectivity index (χ0n) is 18.8. The second-order valence-corrected chi connectivity index (χ2v) is 9.07. The van der Waals surface area contributed by atoms with Gasteiger partial charge in [0.1, 0.15) is 17.5 Å². The van der Waals surface area contributed by atoms with Crippen molar-refractivity contribution in [2.24, 2.45) is 0 Å². The van der Waals surface area contributed by atoms with Gasteiger partial charge in [-0.15, -0.1) is 0 Å². The molecule has 1 aliphatic rings. The lowest BCUT2D eigenvalue weighted by atomic mass is 9.94. The fourth-order valence-electron chi connectivity index (χ4n) is 3.80. The maximum atomic E-state index is 13.5. The van der Waals surface area contributed by atoms with Crippen molar-refractivity contribution >= 4 is 11.8 Å². The summed E-state index contributed by atoms with van der Waals surface area (Å²) >= 11 is 0. The zero-order valence-corrected chi connectivity index (χ0v) is 18.8. The lowest BCUT2D eigenvalue weighted by Crippen LogP contribution is -2.44. The van der Waals surface area contributed by atoms with E-state index < -0.39 is 17.3 Å². The molecule has 2 N–H and O–H groups in total. The molecule has 0 unspecified atom stereocenters. The molecule has 1 amide bonds. The van der Waals surface area contributed by atoms with Crippen LogP contribution in [0.25, 0.3) is 11.1 Å². The minimum atomic E-state index is -4.51. The number of hydrogen-bond donors (Lipinski definition) is 1. The number of alkyl halides is 3. The van der Waals surface area contributed by atoms with Crippen LogP contribution in [0.15, 0.2) is 36.4 Å². The summed E-state index contributed by atoms with van der Waals surface area (Å²) in [5.74, 6) is 0.575. The molecule has 1 heterocycles. The lowest BCUT2D eigenvalue weighted by molar-refractivity contribution is -0.137. The Labute approximate surface area is 186 Å². The van der Waals surface area contributed by atoms with Gasteiger partial charge in [0.05, 0.1) is 5.56 Å². The molecule has 3 rings (SSSR count). The summed E-state index contributed by atoms with van der Waals surface area (Å²) in [5, 5.41) is 0.